The summed E-state index contributed by atoms with van der Waals surface area (Å²) in [5.41, 5.74) is 5.35. The normalized spacial score (nSPS) is 23.6. The molecule has 7 atom stereocenters. The summed E-state index contributed by atoms with van der Waals surface area (Å²) in [5, 5.41) is 14.4. The van der Waals surface area contributed by atoms with Gasteiger partial charge in [-0.25, -0.2) is 19.9 Å². The first-order valence-corrected chi connectivity index (χ1v) is 23.5. The Labute approximate surface area is 399 Å². The minimum absolute atomic E-state index is 0.102. The van der Waals surface area contributed by atoms with E-state index in [4.69, 9.17) is 38.4 Å². The van der Waals surface area contributed by atoms with Crippen molar-refractivity contribution in [3.05, 3.63) is 197 Å². The summed E-state index contributed by atoms with van der Waals surface area (Å²) in [6.45, 7) is 0.422. The van der Waals surface area contributed by atoms with Crippen molar-refractivity contribution in [1.82, 2.24) is 24.4 Å². The maximum atomic E-state index is 14.4. The molecule has 1 N–H and O–H groups in total. The second kappa shape index (κ2) is 17.9. The molecule has 0 amide bonds. The van der Waals surface area contributed by atoms with E-state index in [1.165, 1.54) is 6.33 Å². The summed E-state index contributed by atoms with van der Waals surface area (Å²) >= 11 is 0. The molecule has 2 fully saturated rings. The Balaban J connectivity index is 1.04. The number of ether oxygens (including phenoxy) is 6. The minimum atomic E-state index is -1.92. The van der Waals surface area contributed by atoms with Crippen molar-refractivity contribution in [3.63, 3.8) is 0 Å². The third-order valence-electron chi connectivity index (χ3n) is 13.6. The lowest BCUT2D eigenvalue weighted by molar-refractivity contribution is -0.233. The molecule has 4 aliphatic rings. The largest absolute Gasteiger partial charge is 0.490 e. The van der Waals surface area contributed by atoms with Crippen LogP contribution in [0, 0.1) is 0 Å². The Morgan fingerprint density at radius 3 is 2.04 bits per heavy atom. The molecule has 3 unspecified atom stereocenters. The number of rotatable bonds is 11. The molecule has 2 aromatic heterocycles. The third kappa shape index (κ3) is 7.58. The SMILES string of the molecule is CN(C)C=Nc1ncnc2c1ncn2[C@@H]1O[C@H](COc2cccc3c2C(c2ccccc2)c2ccccc2O3)[C@](O)(c2cccc3c2C(c2ccccc2)c2ccccc2O3)[C@H]1OC1CCCCO1. The smallest absolute Gasteiger partial charge is 0.184 e. The molecule has 2 saturated heterocycles. The lowest BCUT2D eigenvalue weighted by Crippen LogP contribution is -2.50. The summed E-state index contributed by atoms with van der Waals surface area (Å²) in [6, 6.07) is 48.6. The lowest BCUT2D eigenvalue weighted by atomic mass is 9.74. The van der Waals surface area contributed by atoms with Crippen molar-refractivity contribution in [2.45, 2.75) is 61.4 Å². The molecule has 6 aromatic carbocycles. The Morgan fingerprint density at radius 2 is 1.36 bits per heavy atom. The molecule has 346 valence electrons. The number of para-hydroxylation sites is 2. The molecule has 12 rings (SSSR count). The van der Waals surface area contributed by atoms with E-state index in [1.54, 1.807) is 17.2 Å². The van der Waals surface area contributed by atoms with Gasteiger partial charge < -0.3 is 38.4 Å². The monoisotopic (exact) mass is 918 g/mol. The van der Waals surface area contributed by atoms with Gasteiger partial charge in [0.25, 0.3) is 0 Å². The third-order valence-corrected chi connectivity index (χ3v) is 13.6. The summed E-state index contributed by atoms with van der Waals surface area (Å²) in [5.74, 6) is 3.28. The first-order chi connectivity index (χ1) is 33.9. The van der Waals surface area contributed by atoms with Crippen LogP contribution in [0.4, 0.5) is 5.82 Å². The van der Waals surface area contributed by atoms with Gasteiger partial charge >= 0.3 is 0 Å². The molecule has 13 nitrogen and oxygen atoms in total. The summed E-state index contributed by atoms with van der Waals surface area (Å²) in [7, 11) is 3.77. The predicted octanol–water partition coefficient (Wildman–Crippen LogP) is 10.4. The van der Waals surface area contributed by atoms with Crippen LogP contribution in [0.1, 0.15) is 76.3 Å². The second-order valence-corrected chi connectivity index (χ2v) is 18.1. The fraction of sp³-hybridized carbons (Fsp3) is 0.250. The average Bonchev–Trinajstić information content (AvgIpc) is 3.95. The standard InChI is InChI=1S/C56H50N6O7/c1-61(2)33-60-53-51-54(58-32-57-53)62(34-59-51)55-52(69-46-29-13-14-30-64-46)56(63,39-23-15-27-43-49(39)47(35-17-5-3-6-18-35)37-21-9-11-24-40(37)66-43)45(68-55)31-65-42-26-16-28-44-50(42)48(36-19-7-4-8-20-36)38-22-10-12-25-41(38)67-44/h3-12,15-28,32-34,45-48,52,55,63H,13-14,29-31H2,1-2H3/t45-,46?,47?,48?,52+,55-,56-/m1/s1. The quantitative estimate of drug-likeness (QED) is 0.0981. The van der Waals surface area contributed by atoms with Gasteiger partial charge in [0.15, 0.2) is 35.1 Å². The minimum Gasteiger partial charge on any atom is -0.490 e. The average molecular weight is 919 g/mol. The molecule has 69 heavy (non-hydrogen) atoms. The molecular weight excluding hydrogens is 869 g/mol. The zero-order valence-electron chi connectivity index (χ0n) is 38.2. The molecule has 6 heterocycles. The molecule has 13 heteroatoms. The first kappa shape index (κ1) is 42.9. The number of aliphatic hydroxyl groups is 1. The highest BCUT2D eigenvalue weighted by Gasteiger charge is 2.61. The number of imidazole rings is 1. The molecular formula is C56H50N6O7. The van der Waals surface area contributed by atoms with Gasteiger partial charge in [-0.2, -0.15) is 0 Å². The van der Waals surface area contributed by atoms with Gasteiger partial charge in [0, 0.05) is 54.8 Å². The van der Waals surface area contributed by atoms with Crippen molar-refractivity contribution in [2.75, 3.05) is 27.3 Å². The molecule has 0 bridgehead atoms. The van der Waals surface area contributed by atoms with Gasteiger partial charge in [0.1, 0.15) is 53.9 Å². The van der Waals surface area contributed by atoms with Crippen molar-refractivity contribution >= 4 is 23.3 Å². The highest BCUT2D eigenvalue weighted by molar-refractivity contribution is 5.83. The maximum Gasteiger partial charge on any atom is 0.184 e. The van der Waals surface area contributed by atoms with Crippen LogP contribution in [-0.4, -0.2) is 81.7 Å². The van der Waals surface area contributed by atoms with E-state index in [9.17, 15) is 5.11 Å². The van der Waals surface area contributed by atoms with E-state index < -0.39 is 30.3 Å². The van der Waals surface area contributed by atoms with Gasteiger partial charge in [-0.1, -0.05) is 115 Å². The molecule has 0 saturated carbocycles. The van der Waals surface area contributed by atoms with Gasteiger partial charge in [0.05, 0.1) is 12.7 Å². The number of hydrogen-bond donors (Lipinski definition) is 1. The topological polar surface area (TPSA) is 135 Å². The number of benzene rings is 6. The van der Waals surface area contributed by atoms with Crippen molar-refractivity contribution in [3.8, 4) is 28.7 Å². The van der Waals surface area contributed by atoms with Crippen LogP contribution in [0.3, 0.4) is 0 Å². The summed E-state index contributed by atoms with van der Waals surface area (Å²) < 4.78 is 43.1. The highest BCUT2D eigenvalue weighted by atomic mass is 16.7. The number of aliphatic imine (C=N–C) groups is 1. The molecule has 0 aliphatic carbocycles. The van der Waals surface area contributed by atoms with Crippen molar-refractivity contribution in [1.29, 1.82) is 0 Å². The Hall–Kier alpha value is -7.42. The van der Waals surface area contributed by atoms with Crippen molar-refractivity contribution in [2.24, 2.45) is 4.99 Å². The van der Waals surface area contributed by atoms with Crippen LogP contribution in [0.25, 0.3) is 11.2 Å². The van der Waals surface area contributed by atoms with E-state index in [-0.39, 0.29) is 18.4 Å². The van der Waals surface area contributed by atoms with Gasteiger partial charge in [-0.15, -0.1) is 0 Å². The van der Waals surface area contributed by atoms with Gasteiger partial charge in [0.2, 0.25) is 0 Å². The van der Waals surface area contributed by atoms with Crippen LogP contribution < -0.4 is 14.2 Å². The summed E-state index contributed by atoms with van der Waals surface area (Å²) in [6.07, 6.45) is 3.41. The molecule has 0 radical (unpaired) electrons. The molecule has 8 aromatic rings. The fourth-order valence-electron chi connectivity index (χ4n) is 10.5. The molecule has 4 aliphatic heterocycles. The Kier molecular flexibility index (Phi) is 11.1. The lowest BCUT2D eigenvalue weighted by Gasteiger charge is -2.40. The maximum absolute atomic E-state index is 14.4. The predicted molar refractivity (Wildman–Crippen MR) is 260 cm³/mol. The number of hydrogen-bond acceptors (Lipinski definition) is 11. The number of nitrogens with zero attached hydrogens (tertiary/aromatic N) is 6. The first-order valence-electron chi connectivity index (χ1n) is 23.5. The summed E-state index contributed by atoms with van der Waals surface area (Å²) in [4.78, 5) is 20.4. The number of fused-ring (bicyclic) bond motifs is 5. The fourth-order valence-corrected chi connectivity index (χ4v) is 10.5. The van der Waals surface area contributed by atoms with Crippen LogP contribution in [0.2, 0.25) is 0 Å². The molecule has 0 spiro atoms. The zero-order valence-corrected chi connectivity index (χ0v) is 38.2. The van der Waals surface area contributed by atoms with E-state index in [0.717, 1.165) is 57.7 Å². The zero-order chi connectivity index (χ0) is 46.5. The van der Waals surface area contributed by atoms with Gasteiger partial charge in [-0.3, -0.25) is 4.57 Å². The van der Waals surface area contributed by atoms with Crippen LogP contribution in [0.5, 0.6) is 28.7 Å². The van der Waals surface area contributed by atoms with Crippen LogP contribution in [-0.2, 0) is 19.8 Å². The van der Waals surface area contributed by atoms with E-state index in [1.807, 2.05) is 128 Å². The van der Waals surface area contributed by atoms with Crippen molar-refractivity contribution < 1.29 is 33.5 Å². The van der Waals surface area contributed by atoms with Crippen LogP contribution in [0.15, 0.2) is 163 Å². The van der Waals surface area contributed by atoms with E-state index in [0.29, 0.717) is 52.8 Å². The van der Waals surface area contributed by atoms with E-state index in [2.05, 4.69) is 46.4 Å². The second-order valence-electron chi connectivity index (χ2n) is 18.1. The Bertz CT molecular complexity index is 3180. The highest BCUT2D eigenvalue weighted by Crippen LogP contribution is 2.56. The van der Waals surface area contributed by atoms with E-state index >= 15 is 0 Å². The Morgan fingerprint density at radius 1 is 0.725 bits per heavy atom. The number of aromatic nitrogens is 4. The van der Waals surface area contributed by atoms with Crippen LogP contribution >= 0.6 is 0 Å². The van der Waals surface area contributed by atoms with Gasteiger partial charge in [-0.05, 0) is 66.3 Å².